The van der Waals surface area contributed by atoms with Gasteiger partial charge in [-0.25, -0.2) is 4.79 Å². The van der Waals surface area contributed by atoms with E-state index in [0.717, 1.165) is 12.8 Å². The molecular formula is C11H20O2. The summed E-state index contributed by atoms with van der Waals surface area (Å²) in [6, 6.07) is 0. The van der Waals surface area contributed by atoms with Crippen LogP contribution in [-0.4, -0.2) is 12.6 Å². The predicted molar refractivity (Wildman–Crippen MR) is 56.6 cm³/mol. The molecule has 0 aliphatic heterocycles. The molecule has 0 fully saturated rings. The standard InChI is InChI=1S/C7H12O2.C4H8/c1-3-5-6-9-7(8)4-2;1-3-4-2/h4H,2-3,5-6H2,1H3;3-4H,1-2H3. The molecule has 13 heavy (non-hydrogen) atoms. The van der Waals surface area contributed by atoms with Crippen molar-refractivity contribution in [3.05, 3.63) is 24.8 Å². The van der Waals surface area contributed by atoms with Gasteiger partial charge in [0.2, 0.25) is 0 Å². The van der Waals surface area contributed by atoms with E-state index in [-0.39, 0.29) is 5.97 Å². The molecule has 0 aromatic rings. The first kappa shape index (κ1) is 14.5. The number of rotatable bonds is 4. The molecule has 0 unspecified atom stereocenters. The molecule has 0 rings (SSSR count). The molecule has 0 bridgehead atoms. The van der Waals surface area contributed by atoms with Gasteiger partial charge in [-0.1, -0.05) is 32.1 Å². The van der Waals surface area contributed by atoms with Gasteiger partial charge < -0.3 is 4.74 Å². The van der Waals surface area contributed by atoms with Gasteiger partial charge in [0.1, 0.15) is 0 Å². The van der Waals surface area contributed by atoms with E-state index in [2.05, 4.69) is 11.3 Å². The Labute approximate surface area is 81.3 Å². The summed E-state index contributed by atoms with van der Waals surface area (Å²) >= 11 is 0. The number of allylic oxidation sites excluding steroid dienone is 2. The summed E-state index contributed by atoms with van der Waals surface area (Å²) in [5.41, 5.74) is 0. The molecule has 0 radical (unpaired) electrons. The van der Waals surface area contributed by atoms with E-state index in [0.29, 0.717) is 6.61 Å². The van der Waals surface area contributed by atoms with Crippen molar-refractivity contribution < 1.29 is 9.53 Å². The average Bonchev–Trinajstić information content (AvgIpc) is 2.18. The van der Waals surface area contributed by atoms with Crippen LogP contribution < -0.4 is 0 Å². The van der Waals surface area contributed by atoms with E-state index in [4.69, 9.17) is 0 Å². The lowest BCUT2D eigenvalue weighted by atomic mass is 10.4. The highest BCUT2D eigenvalue weighted by atomic mass is 16.5. The quantitative estimate of drug-likeness (QED) is 0.290. The van der Waals surface area contributed by atoms with E-state index < -0.39 is 0 Å². The van der Waals surface area contributed by atoms with Crippen LogP contribution in [0, 0.1) is 0 Å². The van der Waals surface area contributed by atoms with Crippen LogP contribution in [0.5, 0.6) is 0 Å². The van der Waals surface area contributed by atoms with E-state index in [1.165, 1.54) is 6.08 Å². The van der Waals surface area contributed by atoms with Crippen molar-refractivity contribution in [3.8, 4) is 0 Å². The van der Waals surface area contributed by atoms with Crippen LogP contribution in [-0.2, 0) is 9.53 Å². The van der Waals surface area contributed by atoms with Crippen molar-refractivity contribution in [2.24, 2.45) is 0 Å². The second kappa shape index (κ2) is 13.5. The molecule has 0 saturated heterocycles. The summed E-state index contributed by atoms with van der Waals surface area (Å²) in [7, 11) is 0. The van der Waals surface area contributed by atoms with Crippen molar-refractivity contribution in [2.75, 3.05) is 6.61 Å². The topological polar surface area (TPSA) is 26.3 Å². The Morgan fingerprint density at radius 3 is 2.23 bits per heavy atom. The van der Waals surface area contributed by atoms with Gasteiger partial charge in [-0.15, -0.1) is 0 Å². The Hall–Kier alpha value is -1.05. The van der Waals surface area contributed by atoms with Gasteiger partial charge in [-0.2, -0.15) is 0 Å². The van der Waals surface area contributed by atoms with Crippen molar-refractivity contribution in [1.29, 1.82) is 0 Å². The second-order valence-corrected chi connectivity index (χ2v) is 2.39. The average molecular weight is 184 g/mol. The van der Waals surface area contributed by atoms with Crippen molar-refractivity contribution in [3.63, 3.8) is 0 Å². The second-order valence-electron chi connectivity index (χ2n) is 2.39. The number of hydrogen-bond donors (Lipinski definition) is 0. The van der Waals surface area contributed by atoms with Crippen LogP contribution in [0.15, 0.2) is 24.8 Å². The van der Waals surface area contributed by atoms with Crippen LogP contribution in [0.1, 0.15) is 33.6 Å². The number of hydrogen-bond acceptors (Lipinski definition) is 2. The Balaban J connectivity index is 0. The number of carbonyl (C=O) groups is 1. The molecular weight excluding hydrogens is 164 g/mol. The molecule has 0 aromatic heterocycles. The zero-order valence-corrected chi connectivity index (χ0v) is 8.88. The maximum atomic E-state index is 10.3. The van der Waals surface area contributed by atoms with E-state index >= 15 is 0 Å². The molecule has 2 heteroatoms. The highest BCUT2D eigenvalue weighted by Gasteiger charge is 1.91. The first-order valence-corrected chi connectivity index (χ1v) is 4.59. The molecule has 0 amide bonds. The minimum absolute atomic E-state index is 0.330. The van der Waals surface area contributed by atoms with Gasteiger partial charge in [0.05, 0.1) is 6.61 Å². The van der Waals surface area contributed by atoms with Gasteiger partial charge in [0, 0.05) is 6.08 Å². The summed E-state index contributed by atoms with van der Waals surface area (Å²) < 4.78 is 4.67. The van der Waals surface area contributed by atoms with E-state index in [1.807, 2.05) is 32.9 Å². The summed E-state index contributed by atoms with van der Waals surface area (Å²) in [6.45, 7) is 9.82. The summed E-state index contributed by atoms with van der Waals surface area (Å²) in [5.74, 6) is -0.330. The number of esters is 1. The van der Waals surface area contributed by atoms with Gasteiger partial charge in [-0.05, 0) is 20.3 Å². The van der Waals surface area contributed by atoms with Gasteiger partial charge in [-0.3, -0.25) is 0 Å². The number of ether oxygens (including phenoxy) is 1. The molecule has 0 N–H and O–H groups in total. The Bertz CT molecular complexity index is 144. The maximum absolute atomic E-state index is 10.3. The van der Waals surface area contributed by atoms with Crippen LogP contribution >= 0.6 is 0 Å². The third-order valence-electron chi connectivity index (χ3n) is 1.24. The fourth-order valence-corrected chi connectivity index (χ4v) is 0.376. The van der Waals surface area contributed by atoms with Crippen LogP contribution in [0.2, 0.25) is 0 Å². The minimum Gasteiger partial charge on any atom is -0.463 e. The van der Waals surface area contributed by atoms with Crippen molar-refractivity contribution in [1.82, 2.24) is 0 Å². The molecule has 0 saturated carbocycles. The molecule has 0 aromatic carbocycles. The molecule has 0 heterocycles. The summed E-state index contributed by atoms with van der Waals surface area (Å²) in [5, 5.41) is 0. The first-order valence-electron chi connectivity index (χ1n) is 4.59. The monoisotopic (exact) mass is 184 g/mol. The lowest BCUT2D eigenvalue weighted by Gasteiger charge is -1.97. The molecule has 0 spiro atoms. The van der Waals surface area contributed by atoms with Gasteiger partial charge in [0.15, 0.2) is 0 Å². The zero-order chi connectivity index (χ0) is 10.5. The van der Waals surface area contributed by atoms with Crippen molar-refractivity contribution in [2.45, 2.75) is 33.6 Å². The number of carbonyl (C=O) groups excluding carboxylic acids is 1. The van der Waals surface area contributed by atoms with Gasteiger partial charge >= 0.3 is 5.97 Å². The van der Waals surface area contributed by atoms with E-state index in [1.54, 1.807) is 0 Å². The zero-order valence-electron chi connectivity index (χ0n) is 8.88. The van der Waals surface area contributed by atoms with E-state index in [9.17, 15) is 4.79 Å². The smallest absolute Gasteiger partial charge is 0.330 e. The molecule has 0 atom stereocenters. The van der Waals surface area contributed by atoms with Crippen LogP contribution in [0.4, 0.5) is 0 Å². The fraction of sp³-hybridized carbons (Fsp3) is 0.545. The Morgan fingerprint density at radius 2 is 1.92 bits per heavy atom. The molecule has 0 aliphatic rings. The third-order valence-corrected chi connectivity index (χ3v) is 1.24. The molecule has 0 aliphatic carbocycles. The fourth-order valence-electron chi connectivity index (χ4n) is 0.376. The predicted octanol–water partition coefficient (Wildman–Crippen LogP) is 3.10. The highest BCUT2D eigenvalue weighted by Crippen LogP contribution is 1.88. The summed E-state index contributed by atoms with van der Waals surface area (Å²) in [4.78, 5) is 10.3. The summed E-state index contributed by atoms with van der Waals surface area (Å²) in [6.07, 6.45) is 7.15. The lowest BCUT2D eigenvalue weighted by molar-refractivity contribution is -0.137. The first-order chi connectivity index (χ1) is 6.22. The SMILES string of the molecule is C=CC(=O)OCCCC.CC=CC. The Kier molecular flexibility index (Phi) is 15.1. The largest absolute Gasteiger partial charge is 0.463 e. The third kappa shape index (κ3) is 18.2. The Morgan fingerprint density at radius 1 is 1.38 bits per heavy atom. The maximum Gasteiger partial charge on any atom is 0.330 e. The highest BCUT2D eigenvalue weighted by molar-refractivity contribution is 5.81. The normalized spacial score (nSPS) is 8.85. The van der Waals surface area contributed by atoms with Crippen molar-refractivity contribution >= 4 is 5.97 Å². The van der Waals surface area contributed by atoms with Crippen LogP contribution in [0.3, 0.4) is 0 Å². The minimum atomic E-state index is -0.330. The molecule has 2 nitrogen and oxygen atoms in total. The van der Waals surface area contributed by atoms with Gasteiger partial charge in [0.25, 0.3) is 0 Å². The molecule has 76 valence electrons. The van der Waals surface area contributed by atoms with Crippen LogP contribution in [0.25, 0.3) is 0 Å². The number of unbranched alkanes of at least 4 members (excludes halogenated alkanes) is 1. The lowest BCUT2D eigenvalue weighted by Crippen LogP contribution is -2.00.